The minimum atomic E-state index is -4.79. The first kappa shape index (κ1) is 42.3. The van der Waals surface area contributed by atoms with Crippen LogP contribution in [0.25, 0.3) is 0 Å². The summed E-state index contributed by atoms with van der Waals surface area (Å²) in [5.74, 6) is -0.632. The van der Waals surface area contributed by atoms with Gasteiger partial charge in [0.1, 0.15) is 0 Å². The lowest BCUT2D eigenvalue weighted by Crippen LogP contribution is -2.45. The molecule has 1 unspecified atom stereocenters. The molecule has 0 aliphatic heterocycles. The Bertz CT molecular complexity index is 711. The lowest BCUT2D eigenvalue weighted by atomic mass is 9.89. The van der Waals surface area contributed by atoms with E-state index in [0.29, 0.717) is 12.8 Å². The molecule has 1 atom stereocenters. The Morgan fingerprint density at radius 3 is 1.09 bits per heavy atom. The number of esters is 1. The molecule has 0 amide bonds. The van der Waals surface area contributed by atoms with Gasteiger partial charge in [-0.2, -0.15) is 8.42 Å². The fraction of sp³-hybridized carbons (Fsp3) is 0.972. The Morgan fingerprint density at radius 1 is 0.488 bits per heavy atom. The standard InChI is InChI=1S/C36H72O6S/c1-4-7-10-13-15-17-19-20-21-22-24-26-28-31-34-41-35(37)36(42-43(38,39)40,32-29-12-9-6-3)33-30-27-25-23-18-16-14-11-8-5-2/h4-34H2,1-3H3,(H,38,39,40). The van der Waals surface area contributed by atoms with Gasteiger partial charge in [-0.1, -0.05) is 181 Å². The van der Waals surface area contributed by atoms with Crippen LogP contribution in [0.5, 0.6) is 0 Å². The molecule has 0 heterocycles. The van der Waals surface area contributed by atoms with Crippen molar-refractivity contribution in [3.8, 4) is 0 Å². The largest absolute Gasteiger partial charge is 0.464 e. The van der Waals surface area contributed by atoms with Crippen LogP contribution in [0.2, 0.25) is 0 Å². The molecule has 0 fully saturated rings. The van der Waals surface area contributed by atoms with Crippen LogP contribution in [0.1, 0.15) is 213 Å². The van der Waals surface area contributed by atoms with E-state index in [9.17, 15) is 17.8 Å². The van der Waals surface area contributed by atoms with E-state index in [-0.39, 0.29) is 19.4 Å². The molecule has 0 aromatic carbocycles. The van der Waals surface area contributed by atoms with Crippen LogP contribution < -0.4 is 0 Å². The Labute approximate surface area is 268 Å². The third-order valence-corrected chi connectivity index (χ3v) is 9.27. The van der Waals surface area contributed by atoms with Gasteiger partial charge < -0.3 is 4.74 Å². The highest BCUT2D eigenvalue weighted by Gasteiger charge is 2.44. The first-order valence-electron chi connectivity index (χ1n) is 18.7. The fourth-order valence-electron chi connectivity index (χ4n) is 5.98. The summed E-state index contributed by atoms with van der Waals surface area (Å²) in [7, 11) is -4.79. The van der Waals surface area contributed by atoms with Crippen LogP contribution in [0.3, 0.4) is 0 Å². The minimum Gasteiger partial charge on any atom is -0.464 e. The highest BCUT2D eigenvalue weighted by molar-refractivity contribution is 7.81. The Morgan fingerprint density at radius 2 is 0.767 bits per heavy atom. The first-order valence-corrected chi connectivity index (χ1v) is 20.0. The second-order valence-corrected chi connectivity index (χ2v) is 14.0. The lowest BCUT2D eigenvalue weighted by Gasteiger charge is -2.30. The van der Waals surface area contributed by atoms with E-state index in [4.69, 9.17) is 8.92 Å². The van der Waals surface area contributed by atoms with Crippen LogP contribution >= 0.6 is 0 Å². The fourth-order valence-corrected chi connectivity index (χ4v) is 6.61. The highest BCUT2D eigenvalue weighted by atomic mass is 32.3. The smallest absolute Gasteiger partial charge is 0.398 e. The molecule has 1 N–H and O–H groups in total. The summed E-state index contributed by atoms with van der Waals surface area (Å²) < 4.78 is 44.1. The van der Waals surface area contributed by atoms with Crippen LogP contribution in [-0.2, 0) is 24.1 Å². The van der Waals surface area contributed by atoms with Crippen LogP contribution in [0.4, 0.5) is 0 Å². The number of carbonyl (C=O) groups excluding carboxylic acids is 1. The van der Waals surface area contributed by atoms with E-state index >= 15 is 0 Å². The third kappa shape index (κ3) is 27.4. The summed E-state index contributed by atoms with van der Waals surface area (Å²) in [5.41, 5.74) is -1.63. The zero-order valence-electron chi connectivity index (χ0n) is 28.8. The minimum absolute atomic E-state index is 0.252. The van der Waals surface area contributed by atoms with Gasteiger partial charge in [-0.15, -0.1) is 0 Å². The molecule has 7 heteroatoms. The molecular formula is C36H72O6S. The molecule has 0 bridgehead atoms. The van der Waals surface area contributed by atoms with Crippen LogP contribution in [-0.4, -0.2) is 31.1 Å². The number of ether oxygens (including phenoxy) is 1. The molecule has 0 rings (SSSR count). The Balaban J connectivity index is 4.49. The molecule has 0 aliphatic carbocycles. The van der Waals surface area contributed by atoms with Gasteiger partial charge in [-0.05, 0) is 32.1 Å². The molecule has 0 aromatic heterocycles. The molecule has 0 saturated carbocycles. The summed E-state index contributed by atoms with van der Waals surface area (Å²) in [4.78, 5) is 13.3. The van der Waals surface area contributed by atoms with Crippen molar-refractivity contribution in [2.45, 2.75) is 219 Å². The summed E-state index contributed by atoms with van der Waals surface area (Å²) in [6, 6.07) is 0. The highest BCUT2D eigenvalue weighted by Crippen LogP contribution is 2.31. The zero-order chi connectivity index (χ0) is 31.9. The van der Waals surface area contributed by atoms with Crippen molar-refractivity contribution in [3.63, 3.8) is 0 Å². The monoisotopic (exact) mass is 633 g/mol. The van der Waals surface area contributed by atoms with E-state index in [1.165, 1.54) is 109 Å². The lowest BCUT2D eigenvalue weighted by molar-refractivity contribution is -0.164. The molecule has 0 radical (unpaired) electrons. The number of carbonyl (C=O) groups is 1. The van der Waals surface area contributed by atoms with Gasteiger partial charge in [0, 0.05) is 0 Å². The summed E-state index contributed by atoms with van der Waals surface area (Å²) in [5, 5.41) is 0. The van der Waals surface area contributed by atoms with Crippen molar-refractivity contribution in [3.05, 3.63) is 0 Å². The Hall–Kier alpha value is -0.660. The third-order valence-electron chi connectivity index (χ3n) is 8.74. The average Bonchev–Trinajstić information content (AvgIpc) is 2.97. The van der Waals surface area contributed by atoms with Crippen molar-refractivity contribution >= 4 is 16.4 Å². The van der Waals surface area contributed by atoms with E-state index < -0.39 is 22.0 Å². The maximum absolute atomic E-state index is 13.3. The SMILES string of the molecule is CCCCCCCCCCCCCCCCOC(=O)C(CCCCCC)(CCCCCCCCCCCC)OS(=O)(=O)O. The van der Waals surface area contributed by atoms with E-state index in [1.54, 1.807) is 0 Å². The molecule has 0 aliphatic rings. The maximum Gasteiger partial charge on any atom is 0.398 e. The average molecular weight is 633 g/mol. The number of unbranched alkanes of at least 4 members (excludes halogenated alkanes) is 25. The zero-order valence-corrected chi connectivity index (χ0v) is 29.6. The molecule has 6 nitrogen and oxygen atoms in total. The summed E-state index contributed by atoms with van der Waals surface area (Å²) >= 11 is 0. The van der Waals surface area contributed by atoms with Gasteiger partial charge in [-0.25, -0.2) is 8.98 Å². The molecule has 43 heavy (non-hydrogen) atoms. The molecule has 0 saturated heterocycles. The first-order chi connectivity index (χ1) is 20.8. The summed E-state index contributed by atoms with van der Waals surface area (Å²) in [6.45, 7) is 6.86. The van der Waals surface area contributed by atoms with Gasteiger partial charge in [0.15, 0.2) is 5.60 Å². The molecule has 0 aromatic rings. The molecule has 258 valence electrons. The van der Waals surface area contributed by atoms with Gasteiger partial charge in [0.05, 0.1) is 6.61 Å². The van der Waals surface area contributed by atoms with Gasteiger partial charge in [0.25, 0.3) is 0 Å². The van der Waals surface area contributed by atoms with Crippen molar-refractivity contribution in [1.82, 2.24) is 0 Å². The van der Waals surface area contributed by atoms with Gasteiger partial charge in [-0.3, -0.25) is 4.55 Å². The second kappa shape index (κ2) is 30.0. The van der Waals surface area contributed by atoms with Crippen molar-refractivity contribution in [2.24, 2.45) is 0 Å². The van der Waals surface area contributed by atoms with E-state index in [2.05, 4.69) is 20.8 Å². The Kier molecular flexibility index (Phi) is 29.6. The van der Waals surface area contributed by atoms with Gasteiger partial charge in [0.2, 0.25) is 0 Å². The predicted molar refractivity (Wildman–Crippen MR) is 182 cm³/mol. The van der Waals surface area contributed by atoms with E-state index in [0.717, 1.165) is 57.8 Å². The number of hydrogen-bond acceptors (Lipinski definition) is 5. The summed E-state index contributed by atoms with van der Waals surface area (Å²) in [6.07, 6.45) is 33.1. The van der Waals surface area contributed by atoms with Crippen molar-refractivity contribution < 1.29 is 26.7 Å². The number of rotatable bonds is 34. The quantitative estimate of drug-likeness (QED) is 0.0431. The van der Waals surface area contributed by atoms with Crippen molar-refractivity contribution in [1.29, 1.82) is 0 Å². The molecule has 0 spiro atoms. The molecular weight excluding hydrogens is 560 g/mol. The topological polar surface area (TPSA) is 89.9 Å². The number of hydrogen-bond donors (Lipinski definition) is 1. The van der Waals surface area contributed by atoms with Crippen LogP contribution in [0, 0.1) is 0 Å². The van der Waals surface area contributed by atoms with Crippen molar-refractivity contribution in [2.75, 3.05) is 6.61 Å². The maximum atomic E-state index is 13.3. The second-order valence-electron chi connectivity index (χ2n) is 13.0. The van der Waals surface area contributed by atoms with Crippen LogP contribution in [0.15, 0.2) is 0 Å². The van der Waals surface area contributed by atoms with Gasteiger partial charge >= 0.3 is 16.4 Å². The van der Waals surface area contributed by atoms with E-state index in [1.807, 2.05) is 0 Å². The normalized spacial score (nSPS) is 13.3. The predicted octanol–water partition coefficient (Wildman–Crippen LogP) is 11.9.